The zero-order valence-electron chi connectivity index (χ0n) is 18.6. The lowest BCUT2D eigenvalue weighted by Gasteiger charge is -2.41. The number of carbonyl (C=O) groups excluding carboxylic acids is 3. The van der Waals surface area contributed by atoms with Gasteiger partial charge >= 0.3 is 12.1 Å². The van der Waals surface area contributed by atoms with Crippen molar-refractivity contribution in [3.63, 3.8) is 0 Å². The summed E-state index contributed by atoms with van der Waals surface area (Å²) in [7, 11) is 0. The fourth-order valence-electron chi connectivity index (χ4n) is 4.01. The minimum atomic E-state index is -0.640. The van der Waals surface area contributed by atoms with Crippen LogP contribution in [-0.4, -0.2) is 72.1 Å². The lowest BCUT2D eigenvalue weighted by atomic mass is 9.88. The van der Waals surface area contributed by atoms with Gasteiger partial charge in [-0.15, -0.1) is 0 Å². The number of hydrogen-bond donors (Lipinski definition) is 1. The topological polar surface area (TPSA) is 88.2 Å². The predicted octanol–water partition coefficient (Wildman–Crippen LogP) is 2.18. The summed E-state index contributed by atoms with van der Waals surface area (Å²) < 4.78 is 11.0. The van der Waals surface area contributed by atoms with E-state index in [0.29, 0.717) is 6.54 Å². The van der Waals surface area contributed by atoms with Gasteiger partial charge in [0.25, 0.3) is 0 Å². The van der Waals surface area contributed by atoms with Crippen LogP contribution in [0.5, 0.6) is 0 Å². The summed E-state index contributed by atoms with van der Waals surface area (Å²) in [5, 5.41) is 3.30. The maximum Gasteiger partial charge on any atom is 0.410 e. The van der Waals surface area contributed by atoms with Gasteiger partial charge in [-0.05, 0) is 58.2 Å². The van der Waals surface area contributed by atoms with Gasteiger partial charge in [0.15, 0.2) is 0 Å². The van der Waals surface area contributed by atoms with Crippen molar-refractivity contribution in [2.45, 2.75) is 51.9 Å². The highest BCUT2D eigenvalue weighted by Crippen LogP contribution is 2.25. The third-order valence-electron chi connectivity index (χ3n) is 5.54. The van der Waals surface area contributed by atoms with Crippen molar-refractivity contribution in [3.05, 3.63) is 35.9 Å². The van der Waals surface area contributed by atoms with Crippen LogP contribution in [0, 0.1) is 5.92 Å². The van der Waals surface area contributed by atoms with Crippen molar-refractivity contribution < 1.29 is 23.9 Å². The molecule has 2 fully saturated rings. The molecule has 0 aromatic heterocycles. The van der Waals surface area contributed by atoms with E-state index in [9.17, 15) is 14.4 Å². The zero-order chi connectivity index (χ0) is 22.4. The highest BCUT2D eigenvalue weighted by atomic mass is 16.6. The summed E-state index contributed by atoms with van der Waals surface area (Å²) in [4.78, 5) is 41.5. The Labute approximate surface area is 183 Å². The molecule has 8 nitrogen and oxygen atoms in total. The second-order valence-electron chi connectivity index (χ2n) is 9.11. The number of carbonyl (C=O) groups is 3. The monoisotopic (exact) mass is 431 g/mol. The Kier molecular flexibility index (Phi) is 7.54. The van der Waals surface area contributed by atoms with Crippen LogP contribution in [0.25, 0.3) is 0 Å². The standard InChI is InChI=1S/C23H33N3O5/c1-23(2,3)31-22(29)25-13-14-26(19(27)15-25)20(18-9-11-24-12-10-18)21(28)30-16-17-7-5-4-6-8-17/h4-8,18,20,24H,9-16H2,1-3H3. The molecule has 1 aromatic rings. The molecule has 31 heavy (non-hydrogen) atoms. The van der Waals surface area contributed by atoms with Gasteiger partial charge in [-0.3, -0.25) is 9.69 Å². The predicted molar refractivity (Wildman–Crippen MR) is 115 cm³/mol. The lowest BCUT2D eigenvalue weighted by molar-refractivity contribution is -0.161. The second kappa shape index (κ2) is 10.1. The van der Waals surface area contributed by atoms with Gasteiger partial charge in [0.2, 0.25) is 5.91 Å². The number of piperazine rings is 1. The van der Waals surface area contributed by atoms with Gasteiger partial charge < -0.3 is 19.7 Å². The lowest BCUT2D eigenvalue weighted by Crippen LogP contribution is -2.60. The normalized spacial score (nSPS) is 19.1. The molecule has 0 aliphatic carbocycles. The third kappa shape index (κ3) is 6.43. The van der Waals surface area contributed by atoms with Crippen LogP contribution >= 0.6 is 0 Å². The summed E-state index contributed by atoms with van der Waals surface area (Å²) in [6.07, 6.45) is 1.08. The van der Waals surface area contributed by atoms with Crippen molar-refractivity contribution >= 4 is 18.0 Å². The van der Waals surface area contributed by atoms with Crippen LogP contribution < -0.4 is 5.32 Å². The summed E-state index contributed by atoms with van der Waals surface area (Å²) >= 11 is 0. The van der Waals surface area contributed by atoms with Gasteiger partial charge in [-0.2, -0.15) is 0 Å². The first-order chi connectivity index (χ1) is 14.7. The maximum absolute atomic E-state index is 13.1. The van der Waals surface area contributed by atoms with Crippen molar-refractivity contribution in [3.8, 4) is 0 Å². The fourth-order valence-corrected chi connectivity index (χ4v) is 4.01. The molecule has 3 rings (SSSR count). The molecule has 0 radical (unpaired) electrons. The molecule has 2 aliphatic rings. The SMILES string of the molecule is CC(C)(C)OC(=O)N1CCN(C(C(=O)OCc2ccccc2)C2CCNCC2)C(=O)C1. The average Bonchev–Trinajstić information content (AvgIpc) is 2.74. The quantitative estimate of drug-likeness (QED) is 0.719. The first-order valence-corrected chi connectivity index (χ1v) is 10.9. The maximum atomic E-state index is 13.1. The number of amides is 2. The molecule has 1 N–H and O–H groups in total. The first kappa shape index (κ1) is 23.1. The zero-order valence-corrected chi connectivity index (χ0v) is 18.6. The fraction of sp³-hybridized carbons (Fsp3) is 0.609. The van der Waals surface area contributed by atoms with E-state index in [1.165, 1.54) is 4.90 Å². The third-order valence-corrected chi connectivity index (χ3v) is 5.54. The molecule has 0 bridgehead atoms. The molecular weight excluding hydrogens is 398 g/mol. The molecular formula is C23H33N3O5. The van der Waals surface area contributed by atoms with Crippen molar-refractivity contribution in [1.82, 2.24) is 15.1 Å². The van der Waals surface area contributed by atoms with Gasteiger partial charge in [0.1, 0.15) is 24.8 Å². The van der Waals surface area contributed by atoms with Crippen molar-refractivity contribution in [1.29, 1.82) is 0 Å². The number of rotatable bonds is 5. The minimum Gasteiger partial charge on any atom is -0.459 e. The van der Waals surface area contributed by atoms with Crippen LogP contribution in [-0.2, 0) is 25.7 Å². The first-order valence-electron chi connectivity index (χ1n) is 10.9. The number of nitrogens with zero attached hydrogens (tertiary/aromatic N) is 2. The highest BCUT2D eigenvalue weighted by Gasteiger charge is 2.41. The van der Waals surface area contributed by atoms with E-state index in [1.54, 1.807) is 25.7 Å². The Hall–Kier alpha value is -2.61. The molecule has 2 amide bonds. The highest BCUT2D eigenvalue weighted by molar-refractivity contribution is 5.88. The molecule has 0 spiro atoms. The smallest absolute Gasteiger partial charge is 0.410 e. The average molecular weight is 432 g/mol. The summed E-state index contributed by atoms with van der Waals surface area (Å²) in [5.41, 5.74) is 0.275. The number of nitrogens with one attached hydrogen (secondary N) is 1. The van der Waals surface area contributed by atoms with E-state index in [0.717, 1.165) is 31.5 Å². The van der Waals surface area contributed by atoms with Gasteiger partial charge in [-0.25, -0.2) is 9.59 Å². The molecule has 170 valence electrons. The van der Waals surface area contributed by atoms with Crippen LogP contribution in [0.3, 0.4) is 0 Å². The number of esters is 1. The van der Waals surface area contributed by atoms with E-state index in [1.807, 2.05) is 30.3 Å². The van der Waals surface area contributed by atoms with Crippen LogP contribution in [0.1, 0.15) is 39.2 Å². The van der Waals surface area contributed by atoms with Gasteiger partial charge in [0, 0.05) is 13.1 Å². The van der Waals surface area contributed by atoms with E-state index in [4.69, 9.17) is 9.47 Å². The van der Waals surface area contributed by atoms with Crippen molar-refractivity contribution in [2.24, 2.45) is 5.92 Å². The Morgan fingerprint density at radius 2 is 1.81 bits per heavy atom. The van der Waals surface area contributed by atoms with Crippen LogP contribution in [0.2, 0.25) is 0 Å². The number of benzene rings is 1. The Bertz CT molecular complexity index is 771. The largest absolute Gasteiger partial charge is 0.459 e. The molecule has 8 heteroatoms. The molecule has 1 atom stereocenters. The molecule has 2 aliphatic heterocycles. The Morgan fingerprint density at radius 1 is 1.13 bits per heavy atom. The summed E-state index contributed by atoms with van der Waals surface area (Å²) in [6, 6.07) is 8.86. The number of piperidine rings is 1. The van der Waals surface area contributed by atoms with Gasteiger partial charge in [-0.1, -0.05) is 30.3 Å². The minimum absolute atomic E-state index is 0.0292. The summed E-state index contributed by atoms with van der Waals surface area (Å²) in [6.45, 7) is 7.67. The molecule has 0 saturated carbocycles. The number of ether oxygens (including phenoxy) is 2. The molecule has 1 unspecified atom stereocenters. The molecule has 2 heterocycles. The van der Waals surface area contributed by atoms with E-state index in [-0.39, 0.29) is 37.5 Å². The Morgan fingerprint density at radius 3 is 2.42 bits per heavy atom. The van der Waals surface area contributed by atoms with Crippen LogP contribution in [0.4, 0.5) is 4.79 Å². The second-order valence-corrected chi connectivity index (χ2v) is 9.11. The van der Waals surface area contributed by atoms with E-state index < -0.39 is 17.7 Å². The molecule has 1 aromatic carbocycles. The molecule has 2 saturated heterocycles. The van der Waals surface area contributed by atoms with E-state index >= 15 is 0 Å². The van der Waals surface area contributed by atoms with Crippen LogP contribution in [0.15, 0.2) is 30.3 Å². The van der Waals surface area contributed by atoms with Gasteiger partial charge in [0.05, 0.1) is 0 Å². The number of hydrogen-bond acceptors (Lipinski definition) is 6. The Balaban J connectivity index is 1.68. The summed E-state index contributed by atoms with van der Waals surface area (Å²) in [5.74, 6) is -0.603. The van der Waals surface area contributed by atoms with E-state index in [2.05, 4.69) is 5.32 Å². The van der Waals surface area contributed by atoms with Crippen molar-refractivity contribution in [2.75, 3.05) is 32.7 Å².